The quantitative estimate of drug-likeness (QED) is 0.186. The molecule has 0 bridgehead atoms. The molecule has 0 fully saturated rings. The minimum Gasteiger partial charge on any atom is -0.449 e. The first-order chi connectivity index (χ1) is 24.2. The van der Waals surface area contributed by atoms with Crippen LogP contribution < -0.4 is 21.7 Å². The van der Waals surface area contributed by atoms with E-state index in [2.05, 4.69) is 20.9 Å². The number of benzene rings is 3. The molecule has 3 aliphatic rings. The Hall–Kier alpha value is -5.81. The number of hydrogen-bond donors (Lipinski definition) is 5. The van der Waals surface area contributed by atoms with Crippen molar-refractivity contribution in [2.45, 2.75) is 49.9 Å². The number of carbonyl (C=O) groups is 4. The van der Waals surface area contributed by atoms with Crippen molar-refractivity contribution in [2.24, 2.45) is 16.6 Å². The molecule has 0 saturated heterocycles. The van der Waals surface area contributed by atoms with Gasteiger partial charge < -0.3 is 31.5 Å². The van der Waals surface area contributed by atoms with Crippen LogP contribution >= 0.6 is 0 Å². The Labute approximate surface area is 290 Å². The Morgan fingerprint density at radius 3 is 2.10 bits per heavy atom. The number of primary amides is 1. The molecule has 4 amide bonds. The molecule has 5 atom stereocenters. The summed E-state index contributed by atoms with van der Waals surface area (Å²) in [7, 11) is 0. The standard InChI is InChI=1S/C39H39N5O6/c1-23(45)35(36(40)46)44-38(48)33(19-24-11-3-2-4-12-24)42-37(47)34(20-25-21-41-32-18-10-9-13-26(25)32)43-39(49)50-22-31-29-16-7-5-14-27(29)28-15-6-8-17-30(28)31/h2-18,21,23,26,31,33-35,45H,19-20,22H2,1H3,(H2,40,46)(H,42,47)(H,43,49)(H,44,48). The number of ether oxygens (including phenoxy) is 1. The molecule has 0 radical (unpaired) electrons. The van der Waals surface area contributed by atoms with E-state index in [4.69, 9.17) is 10.5 Å². The molecule has 3 aromatic carbocycles. The second-order valence-corrected chi connectivity index (χ2v) is 12.6. The summed E-state index contributed by atoms with van der Waals surface area (Å²) in [5.74, 6) is -2.64. The Bertz CT molecular complexity index is 1850. The van der Waals surface area contributed by atoms with Gasteiger partial charge in [-0.1, -0.05) is 97.1 Å². The monoisotopic (exact) mass is 673 g/mol. The third-order valence-corrected chi connectivity index (χ3v) is 9.17. The topological polar surface area (TPSA) is 172 Å². The molecule has 256 valence electrons. The smallest absolute Gasteiger partial charge is 0.407 e. The first-order valence-corrected chi connectivity index (χ1v) is 16.5. The molecule has 2 aliphatic carbocycles. The number of nitrogens with one attached hydrogen (secondary N) is 3. The van der Waals surface area contributed by atoms with Crippen LogP contribution in [0.1, 0.15) is 36.0 Å². The zero-order valence-electron chi connectivity index (χ0n) is 27.5. The van der Waals surface area contributed by atoms with Crippen LogP contribution in [0.25, 0.3) is 11.1 Å². The van der Waals surface area contributed by atoms with E-state index in [1.807, 2.05) is 78.9 Å². The number of carbonyl (C=O) groups excluding carboxylic acids is 4. The van der Waals surface area contributed by atoms with Crippen molar-refractivity contribution in [1.82, 2.24) is 16.0 Å². The predicted octanol–water partition coefficient (Wildman–Crippen LogP) is 3.44. The minimum absolute atomic E-state index is 0.0488. The second kappa shape index (κ2) is 15.2. The van der Waals surface area contributed by atoms with Gasteiger partial charge >= 0.3 is 6.09 Å². The predicted molar refractivity (Wildman–Crippen MR) is 189 cm³/mol. The van der Waals surface area contributed by atoms with Gasteiger partial charge in [-0.15, -0.1) is 0 Å². The molecule has 0 spiro atoms. The van der Waals surface area contributed by atoms with Gasteiger partial charge in [0.1, 0.15) is 24.7 Å². The number of hydrogen-bond acceptors (Lipinski definition) is 7. The molecule has 6 N–H and O–H groups in total. The van der Waals surface area contributed by atoms with Crippen molar-refractivity contribution < 1.29 is 29.0 Å². The maximum Gasteiger partial charge on any atom is 0.407 e. The molecule has 1 aliphatic heterocycles. The number of nitrogens with zero attached hydrogens (tertiary/aromatic N) is 1. The number of amides is 4. The van der Waals surface area contributed by atoms with Crippen molar-refractivity contribution >= 4 is 29.5 Å². The lowest BCUT2D eigenvalue weighted by Crippen LogP contribution is -2.59. The van der Waals surface area contributed by atoms with Crippen LogP contribution in [0.2, 0.25) is 0 Å². The summed E-state index contributed by atoms with van der Waals surface area (Å²) in [4.78, 5) is 57.5. The van der Waals surface area contributed by atoms with E-state index < -0.39 is 48.0 Å². The van der Waals surface area contributed by atoms with Crippen molar-refractivity contribution in [3.05, 3.63) is 132 Å². The highest BCUT2D eigenvalue weighted by atomic mass is 16.5. The third kappa shape index (κ3) is 7.58. The van der Waals surface area contributed by atoms with E-state index in [0.29, 0.717) is 0 Å². The molecule has 0 saturated carbocycles. The van der Waals surface area contributed by atoms with Gasteiger partial charge in [0, 0.05) is 30.9 Å². The van der Waals surface area contributed by atoms with Crippen LogP contribution in [0, 0.1) is 5.92 Å². The number of alkyl carbamates (subject to hydrolysis) is 1. The fourth-order valence-electron chi connectivity index (χ4n) is 6.63. The van der Waals surface area contributed by atoms with Crippen LogP contribution in [0.5, 0.6) is 0 Å². The summed E-state index contributed by atoms with van der Waals surface area (Å²) in [6.45, 7) is 1.38. The van der Waals surface area contributed by atoms with Crippen LogP contribution in [0.4, 0.5) is 4.79 Å². The fourth-order valence-corrected chi connectivity index (χ4v) is 6.63. The van der Waals surface area contributed by atoms with Crippen LogP contribution in [0.15, 0.2) is 120 Å². The number of fused-ring (bicyclic) bond motifs is 4. The Balaban J connectivity index is 1.21. The first kappa shape index (κ1) is 34.1. The molecule has 11 nitrogen and oxygen atoms in total. The van der Waals surface area contributed by atoms with Crippen molar-refractivity contribution in [2.75, 3.05) is 6.61 Å². The lowest BCUT2D eigenvalue weighted by Gasteiger charge is -2.26. The Morgan fingerprint density at radius 2 is 1.44 bits per heavy atom. The SMILES string of the molecule is CC(O)C(NC(=O)C(Cc1ccccc1)NC(=O)C(CC1=CN=C2C=CC=CC12)NC(=O)OCC1c2ccccc2-c2ccccc21)C(N)=O. The van der Waals surface area contributed by atoms with Crippen LogP contribution in [-0.2, 0) is 25.5 Å². The number of rotatable bonds is 13. The summed E-state index contributed by atoms with van der Waals surface area (Å²) in [6.07, 6.45) is 7.40. The molecule has 5 unspecified atom stereocenters. The molecule has 6 rings (SSSR count). The maximum atomic E-state index is 14.1. The van der Waals surface area contributed by atoms with Crippen LogP contribution in [-0.4, -0.2) is 65.5 Å². The van der Waals surface area contributed by atoms with E-state index in [1.54, 1.807) is 30.5 Å². The molecule has 0 aromatic heterocycles. The van der Waals surface area contributed by atoms with Crippen molar-refractivity contribution in [3.8, 4) is 11.1 Å². The largest absolute Gasteiger partial charge is 0.449 e. The number of allylic oxidation sites excluding steroid dienone is 4. The maximum absolute atomic E-state index is 14.1. The van der Waals surface area contributed by atoms with Gasteiger partial charge in [-0.3, -0.25) is 19.4 Å². The van der Waals surface area contributed by atoms with E-state index >= 15 is 0 Å². The Kier molecular flexibility index (Phi) is 10.3. The van der Waals surface area contributed by atoms with Gasteiger partial charge in [0.2, 0.25) is 17.7 Å². The number of nitrogens with two attached hydrogens (primary N) is 1. The second-order valence-electron chi connectivity index (χ2n) is 12.6. The fraction of sp³-hybridized carbons (Fsp3) is 0.256. The number of aliphatic hydroxyl groups is 1. The third-order valence-electron chi connectivity index (χ3n) is 9.17. The summed E-state index contributed by atoms with van der Waals surface area (Å²) < 4.78 is 5.78. The van der Waals surface area contributed by atoms with Gasteiger partial charge in [0.15, 0.2) is 0 Å². The van der Waals surface area contributed by atoms with Gasteiger partial charge in [-0.25, -0.2) is 4.79 Å². The average Bonchev–Trinajstić information content (AvgIpc) is 3.67. The molecular formula is C39H39N5O6. The summed E-state index contributed by atoms with van der Waals surface area (Å²) in [5.41, 5.74) is 12.1. The van der Waals surface area contributed by atoms with Crippen molar-refractivity contribution in [1.29, 1.82) is 0 Å². The highest BCUT2D eigenvalue weighted by molar-refractivity contribution is 6.03. The average molecular weight is 674 g/mol. The normalized spacial score (nSPS) is 17.9. The highest BCUT2D eigenvalue weighted by Gasteiger charge is 2.34. The highest BCUT2D eigenvalue weighted by Crippen LogP contribution is 2.44. The zero-order valence-corrected chi connectivity index (χ0v) is 27.5. The summed E-state index contributed by atoms with van der Waals surface area (Å²) >= 11 is 0. The van der Waals surface area contributed by atoms with Gasteiger partial charge in [0.25, 0.3) is 0 Å². The lowest BCUT2D eigenvalue weighted by molar-refractivity contribution is -0.133. The minimum atomic E-state index is -1.38. The van der Waals surface area contributed by atoms with Crippen molar-refractivity contribution in [3.63, 3.8) is 0 Å². The summed E-state index contributed by atoms with van der Waals surface area (Å²) in [6, 6.07) is 21.3. The summed E-state index contributed by atoms with van der Waals surface area (Å²) in [5, 5.41) is 18.1. The van der Waals surface area contributed by atoms with Crippen LogP contribution in [0.3, 0.4) is 0 Å². The molecule has 1 heterocycles. The van der Waals surface area contributed by atoms with E-state index in [-0.39, 0.29) is 31.3 Å². The first-order valence-electron chi connectivity index (χ1n) is 16.5. The molecule has 3 aromatic rings. The Morgan fingerprint density at radius 1 is 0.820 bits per heavy atom. The lowest BCUT2D eigenvalue weighted by atomic mass is 9.89. The van der Waals surface area contributed by atoms with E-state index in [1.165, 1.54) is 6.92 Å². The number of aliphatic hydroxyl groups excluding tert-OH is 1. The molecule has 50 heavy (non-hydrogen) atoms. The van der Waals surface area contributed by atoms with Gasteiger partial charge in [0.05, 0.1) is 11.8 Å². The van der Waals surface area contributed by atoms with Gasteiger partial charge in [-0.2, -0.15) is 0 Å². The zero-order chi connectivity index (χ0) is 35.2. The molecule has 11 heteroatoms. The van der Waals surface area contributed by atoms with Gasteiger partial charge in [-0.05, 0) is 46.4 Å². The van der Waals surface area contributed by atoms with E-state index in [9.17, 15) is 24.3 Å². The molecular weight excluding hydrogens is 634 g/mol. The number of aliphatic imine (C=N–C) groups is 1. The van der Waals surface area contributed by atoms with E-state index in [0.717, 1.165) is 39.1 Å².